The van der Waals surface area contributed by atoms with Crippen molar-refractivity contribution in [1.82, 2.24) is 10.2 Å². The first-order valence-electron chi connectivity index (χ1n) is 7.65. The number of hydrogen-bond donors (Lipinski definition) is 1. The molecule has 3 rings (SSSR count). The summed E-state index contributed by atoms with van der Waals surface area (Å²) in [5.41, 5.74) is 2.70. The lowest BCUT2D eigenvalue weighted by molar-refractivity contribution is -0.115. The Morgan fingerprint density at radius 1 is 1.12 bits per heavy atom. The molecule has 1 atom stereocenters. The van der Waals surface area contributed by atoms with E-state index in [-0.39, 0.29) is 11.2 Å². The molecule has 5 nitrogen and oxygen atoms in total. The van der Waals surface area contributed by atoms with Crippen LogP contribution in [0.4, 0.5) is 5.69 Å². The van der Waals surface area contributed by atoms with E-state index >= 15 is 0 Å². The molecule has 7 heteroatoms. The van der Waals surface area contributed by atoms with E-state index in [9.17, 15) is 4.79 Å². The molecule has 3 aromatic rings. The lowest BCUT2D eigenvalue weighted by Crippen LogP contribution is -2.22. The van der Waals surface area contributed by atoms with E-state index < -0.39 is 0 Å². The highest BCUT2D eigenvalue weighted by Gasteiger charge is 2.19. The molecule has 2 aromatic carbocycles. The highest BCUT2D eigenvalue weighted by molar-refractivity contribution is 8.00. The molecule has 0 radical (unpaired) electrons. The first-order chi connectivity index (χ1) is 12.0. The van der Waals surface area contributed by atoms with Crippen LogP contribution >= 0.6 is 23.4 Å². The van der Waals surface area contributed by atoms with E-state index in [0.717, 1.165) is 11.1 Å². The van der Waals surface area contributed by atoms with Crippen LogP contribution in [0.5, 0.6) is 0 Å². The highest BCUT2D eigenvalue weighted by atomic mass is 35.5. The first-order valence-corrected chi connectivity index (χ1v) is 8.90. The molecule has 1 aromatic heterocycles. The maximum atomic E-state index is 12.3. The average molecular weight is 374 g/mol. The minimum atomic E-state index is -0.387. The maximum absolute atomic E-state index is 12.3. The molecule has 0 aliphatic carbocycles. The van der Waals surface area contributed by atoms with Crippen LogP contribution in [-0.4, -0.2) is 21.4 Å². The van der Waals surface area contributed by atoms with Gasteiger partial charge >= 0.3 is 0 Å². The van der Waals surface area contributed by atoms with E-state index in [1.165, 1.54) is 11.8 Å². The smallest absolute Gasteiger partial charge is 0.277 e. The van der Waals surface area contributed by atoms with Gasteiger partial charge in [-0.15, -0.1) is 10.2 Å². The SMILES string of the molecule is Cc1ccc(-c2nnc(S[C@H](C)C(=O)Nc3ccc(Cl)cc3)o2)cc1. The van der Waals surface area contributed by atoms with Gasteiger partial charge in [0.1, 0.15) is 0 Å². The number of anilines is 1. The number of nitrogens with one attached hydrogen (secondary N) is 1. The van der Waals surface area contributed by atoms with E-state index in [1.807, 2.05) is 31.2 Å². The number of amides is 1. The molecule has 0 bridgehead atoms. The van der Waals surface area contributed by atoms with Crippen LogP contribution in [0.2, 0.25) is 5.02 Å². The predicted octanol–water partition coefficient (Wildman–Crippen LogP) is 4.82. The predicted molar refractivity (Wildman–Crippen MR) is 99.9 cm³/mol. The summed E-state index contributed by atoms with van der Waals surface area (Å²) in [5.74, 6) is 0.287. The molecule has 0 aliphatic heterocycles. The number of aryl methyl sites for hydroxylation is 1. The van der Waals surface area contributed by atoms with Crippen molar-refractivity contribution in [2.24, 2.45) is 0 Å². The normalized spacial score (nSPS) is 12.0. The number of hydrogen-bond acceptors (Lipinski definition) is 5. The quantitative estimate of drug-likeness (QED) is 0.649. The molecule has 1 amide bonds. The monoisotopic (exact) mass is 373 g/mol. The molecular weight excluding hydrogens is 358 g/mol. The number of carbonyl (C=O) groups excluding carboxylic acids is 1. The second-order valence-electron chi connectivity index (χ2n) is 5.50. The summed E-state index contributed by atoms with van der Waals surface area (Å²) in [6.07, 6.45) is 0. The van der Waals surface area contributed by atoms with Gasteiger partial charge in [0, 0.05) is 16.3 Å². The number of nitrogens with zero attached hydrogens (tertiary/aromatic N) is 2. The molecule has 0 spiro atoms. The second kappa shape index (κ2) is 7.72. The van der Waals surface area contributed by atoms with Crippen molar-refractivity contribution in [1.29, 1.82) is 0 Å². The zero-order valence-electron chi connectivity index (χ0n) is 13.7. The van der Waals surface area contributed by atoms with Crippen LogP contribution in [0.1, 0.15) is 12.5 Å². The number of aromatic nitrogens is 2. The minimum Gasteiger partial charge on any atom is -0.411 e. The fraction of sp³-hybridized carbons (Fsp3) is 0.167. The van der Waals surface area contributed by atoms with Crippen molar-refractivity contribution in [3.63, 3.8) is 0 Å². The number of benzene rings is 2. The van der Waals surface area contributed by atoms with Crippen LogP contribution in [0.15, 0.2) is 58.2 Å². The third-order valence-electron chi connectivity index (χ3n) is 3.46. The van der Waals surface area contributed by atoms with Crippen LogP contribution in [0.3, 0.4) is 0 Å². The number of thioether (sulfide) groups is 1. The van der Waals surface area contributed by atoms with Crippen molar-refractivity contribution < 1.29 is 9.21 Å². The molecule has 0 aliphatic rings. The van der Waals surface area contributed by atoms with Crippen LogP contribution in [-0.2, 0) is 4.79 Å². The zero-order valence-corrected chi connectivity index (χ0v) is 15.3. The summed E-state index contributed by atoms with van der Waals surface area (Å²) in [6.45, 7) is 3.80. The van der Waals surface area contributed by atoms with Crippen LogP contribution in [0.25, 0.3) is 11.5 Å². The number of carbonyl (C=O) groups is 1. The van der Waals surface area contributed by atoms with Gasteiger partial charge in [-0.05, 0) is 50.2 Å². The summed E-state index contributed by atoms with van der Waals surface area (Å²) in [7, 11) is 0. The number of rotatable bonds is 5. The average Bonchev–Trinajstić information content (AvgIpc) is 3.06. The molecule has 128 valence electrons. The van der Waals surface area contributed by atoms with Crippen molar-refractivity contribution in [2.45, 2.75) is 24.3 Å². The van der Waals surface area contributed by atoms with Crippen LogP contribution < -0.4 is 5.32 Å². The van der Waals surface area contributed by atoms with Crippen molar-refractivity contribution in [3.8, 4) is 11.5 Å². The van der Waals surface area contributed by atoms with Gasteiger partial charge in [0.2, 0.25) is 11.8 Å². The van der Waals surface area contributed by atoms with Gasteiger partial charge in [-0.3, -0.25) is 4.79 Å². The molecule has 25 heavy (non-hydrogen) atoms. The van der Waals surface area contributed by atoms with E-state index in [4.69, 9.17) is 16.0 Å². The van der Waals surface area contributed by atoms with Crippen LogP contribution in [0, 0.1) is 6.92 Å². The van der Waals surface area contributed by atoms with Gasteiger partial charge < -0.3 is 9.73 Å². The summed E-state index contributed by atoms with van der Waals surface area (Å²) in [6, 6.07) is 14.8. The summed E-state index contributed by atoms with van der Waals surface area (Å²) < 4.78 is 5.64. The van der Waals surface area contributed by atoms with Gasteiger partial charge in [-0.25, -0.2) is 0 Å². The Morgan fingerprint density at radius 3 is 2.48 bits per heavy atom. The highest BCUT2D eigenvalue weighted by Crippen LogP contribution is 2.27. The second-order valence-corrected chi connectivity index (χ2v) is 7.22. The Balaban J connectivity index is 1.62. The Labute approximate surface area is 154 Å². The van der Waals surface area contributed by atoms with E-state index in [0.29, 0.717) is 21.8 Å². The van der Waals surface area contributed by atoms with Crippen molar-refractivity contribution in [2.75, 3.05) is 5.32 Å². The molecular formula is C18H16ClN3O2S. The first kappa shape index (κ1) is 17.5. The van der Waals surface area contributed by atoms with Gasteiger partial charge in [0.15, 0.2) is 0 Å². The van der Waals surface area contributed by atoms with Gasteiger partial charge in [-0.2, -0.15) is 0 Å². The summed E-state index contributed by atoms with van der Waals surface area (Å²) >= 11 is 7.05. The van der Waals surface area contributed by atoms with Gasteiger partial charge in [-0.1, -0.05) is 41.1 Å². The van der Waals surface area contributed by atoms with E-state index in [2.05, 4.69) is 15.5 Å². The van der Waals surface area contributed by atoms with Gasteiger partial charge in [0.05, 0.1) is 5.25 Å². The summed E-state index contributed by atoms with van der Waals surface area (Å²) in [5, 5.41) is 11.5. The third-order valence-corrected chi connectivity index (χ3v) is 4.65. The lowest BCUT2D eigenvalue weighted by atomic mass is 10.1. The molecule has 0 saturated carbocycles. The largest absolute Gasteiger partial charge is 0.411 e. The molecule has 1 N–H and O–H groups in total. The standard InChI is InChI=1S/C18H16ClN3O2S/c1-11-3-5-13(6-4-11)17-21-22-18(24-17)25-12(2)16(23)20-15-9-7-14(19)8-10-15/h3-10,12H,1-2H3,(H,20,23)/t12-/m1/s1. The van der Waals surface area contributed by atoms with Crippen molar-refractivity contribution >= 4 is 35.0 Å². The third kappa shape index (κ3) is 4.61. The Bertz CT molecular complexity index is 863. The molecule has 0 fully saturated rings. The van der Waals surface area contributed by atoms with Crippen molar-refractivity contribution in [3.05, 3.63) is 59.1 Å². The lowest BCUT2D eigenvalue weighted by Gasteiger charge is -2.09. The Morgan fingerprint density at radius 2 is 1.80 bits per heavy atom. The topological polar surface area (TPSA) is 68.0 Å². The molecule has 1 heterocycles. The van der Waals surface area contributed by atoms with E-state index in [1.54, 1.807) is 31.2 Å². The minimum absolute atomic E-state index is 0.151. The Hall–Kier alpha value is -2.31. The fourth-order valence-corrected chi connectivity index (χ4v) is 2.86. The molecule has 0 unspecified atom stereocenters. The zero-order chi connectivity index (χ0) is 17.8. The maximum Gasteiger partial charge on any atom is 0.277 e. The van der Waals surface area contributed by atoms with Gasteiger partial charge in [0.25, 0.3) is 5.22 Å². The Kier molecular flexibility index (Phi) is 5.40. The fourth-order valence-electron chi connectivity index (χ4n) is 2.05. The molecule has 0 saturated heterocycles. The number of halogens is 1. The summed E-state index contributed by atoms with van der Waals surface area (Å²) in [4.78, 5) is 12.3.